The molecular formula is C9H11BrO2. The van der Waals surface area contributed by atoms with Crippen LogP contribution in [-0.4, -0.2) is 16.3 Å². The third-order valence-corrected chi connectivity index (χ3v) is 2.49. The molecule has 0 spiro atoms. The van der Waals surface area contributed by atoms with Gasteiger partial charge in [0, 0.05) is 0 Å². The van der Waals surface area contributed by atoms with Gasteiger partial charge in [0.05, 0.1) is 10.6 Å². The van der Waals surface area contributed by atoms with Crippen LogP contribution in [0.15, 0.2) is 22.7 Å². The van der Waals surface area contributed by atoms with Gasteiger partial charge in [-0.25, -0.2) is 0 Å². The predicted octanol–water partition coefficient (Wildman–Crippen LogP) is 2.08. The number of aromatic hydroxyl groups is 1. The Morgan fingerprint density at radius 1 is 1.50 bits per heavy atom. The van der Waals surface area contributed by atoms with Crippen LogP contribution in [0.5, 0.6) is 5.75 Å². The number of phenols is 1. The van der Waals surface area contributed by atoms with Crippen molar-refractivity contribution in [3.05, 3.63) is 28.2 Å². The maximum absolute atomic E-state index is 9.28. The number of rotatable bonds is 2. The fourth-order valence-electron chi connectivity index (χ4n) is 1.04. The van der Waals surface area contributed by atoms with Crippen molar-refractivity contribution >= 4 is 15.9 Å². The highest BCUT2D eigenvalue weighted by Gasteiger charge is 2.06. The van der Waals surface area contributed by atoms with E-state index in [4.69, 9.17) is 5.11 Å². The molecule has 12 heavy (non-hydrogen) atoms. The molecule has 1 atom stereocenters. The van der Waals surface area contributed by atoms with Crippen molar-refractivity contribution in [1.82, 2.24) is 0 Å². The van der Waals surface area contributed by atoms with Gasteiger partial charge in [0.2, 0.25) is 0 Å². The van der Waals surface area contributed by atoms with Gasteiger partial charge >= 0.3 is 0 Å². The Balaban J connectivity index is 2.92. The molecule has 0 bridgehead atoms. The van der Waals surface area contributed by atoms with Crippen LogP contribution in [0.2, 0.25) is 0 Å². The summed E-state index contributed by atoms with van der Waals surface area (Å²) in [6.07, 6.45) is 0.165. The topological polar surface area (TPSA) is 40.5 Å². The van der Waals surface area contributed by atoms with Crippen LogP contribution < -0.4 is 0 Å². The minimum atomic E-state index is -0.386. The van der Waals surface area contributed by atoms with Crippen molar-refractivity contribution in [3.63, 3.8) is 0 Å². The zero-order valence-corrected chi connectivity index (χ0v) is 8.37. The molecule has 0 saturated carbocycles. The van der Waals surface area contributed by atoms with Gasteiger partial charge in [-0.05, 0) is 40.9 Å². The van der Waals surface area contributed by atoms with Crippen molar-refractivity contribution in [2.75, 3.05) is 0 Å². The lowest BCUT2D eigenvalue weighted by Gasteiger charge is -2.07. The lowest BCUT2D eigenvalue weighted by molar-refractivity contribution is 0.195. The van der Waals surface area contributed by atoms with Gasteiger partial charge < -0.3 is 10.2 Å². The minimum Gasteiger partial charge on any atom is -0.507 e. The highest BCUT2D eigenvalue weighted by Crippen LogP contribution is 2.27. The monoisotopic (exact) mass is 230 g/mol. The molecule has 1 unspecified atom stereocenters. The number of hydrogen-bond donors (Lipinski definition) is 2. The summed E-state index contributed by atoms with van der Waals surface area (Å²) in [6.45, 7) is 1.72. The summed E-state index contributed by atoms with van der Waals surface area (Å²) < 4.78 is 0.672. The van der Waals surface area contributed by atoms with Gasteiger partial charge in [-0.3, -0.25) is 0 Å². The van der Waals surface area contributed by atoms with E-state index in [-0.39, 0.29) is 11.9 Å². The van der Waals surface area contributed by atoms with E-state index in [1.165, 1.54) is 0 Å². The van der Waals surface area contributed by atoms with Gasteiger partial charge in [0.15, 0.2) is 0 Å². The van der Waals surface area contributed by atoms with Crippen molar-refractivity contribution < 1.29 is 10.2 Å². The molecule has 0 radical (unpaired) electrons. The van der Waals surface area contributed by atoms with E-state index >= 15 is 0 Å². The van der Waals surface area contributed by atoms with Gasteiger partial charge in [-0.1, -0.05) is 12.1 Å². The SMILES string of the molecule is CC(O)Cc1cccc(O)c1Br. The first-order valence-corrected chi connectivity index (χ1v) is 4.55. The van der Waals surface area contributed by atoms with E-state index in [9.17, 15) is 5.11 Å². The Labute approximate surface area is 80.0 Å². The number of phenolic OH excluding ortho intramolecular Hbond substituents is 1. The lowest BCUT2D eigenvalue weighted by Crippen LogP contribution is -2.04. The Hall–Kier alpha value is -0.540. The average molecular weight is 231 g/mol. The third-order valence-electron chi connectivity index (χ3n) is 1.57. The van der Waals surface area contributed by atoms with E-state index < -0.39 is 0 Å². The summed E-state index contributed by atoms with van der Waals surface area (Å²) in [5.74, 6) is 0.216. The van der Waals surface area contributed by atoms with E-state index in [0.29, 0.717) is 10.9 Å². The van der Waals surface area contributed by atoms with Crippen LogP contribution in [0.4, 0.5) is 0 Å². The molecule has 3 heteroatoms. The molecule has 0 aliphatic rings. The molecule has 2 N–H and O–H groups in total. The van der Waals surface area contributed by atoms with Crippen LogP contribution in [0.3, 0.4) is 0 Å². The maximum Gasteiger partial charge on any atom is 0.130 e. The molecule has 0 amide bonds. The molecule has 1 aromatic rings. The quantitative estimate of drug-likeness (QED) is 0.817. The fraction of sp³-hybridized carbons (Fsp3) is 0.333. The molecule has 2 nitrogen and oxygen atoms in total. The molecule has 1 rings (SSSR count). The molecule has 0 heterocycles. The average Bonchev–Trinajstić information content (AvgIpc) is 1.98. The lowest BCUT2D eigenvalue weighted by atomic mass is 10.1. The highest BCUT2D eigenvalue weighted by atomic mass is 79.9. The zero-order chi connectivity index (χ0) is 9.14. The van der Waals surface area contributed by atoms with E-state index in [1.54, 1.807) is 19.1 Å². The third kappa shape index (κ3) is 2.22. The van der Waals surface area contributed by atoms with Crippen molar-refractivity contribution in [1.29, 1.82) is 0 Å². The van der Waals surface area contributed by atoms with Crippen molar-refractivity contribution in [3.8, 4) is 5.75 Å². The van der Waals surface area contributed by atoms with Crippen LogP contribution >= 0.6 is 15.9 Å². The number of halogens is 1. The summed E-state index contributed by atoms with van der Waals surface area (Å²) in [4.78, 5) is 0. The molecule has 0 aliphatic carbocycles. The Morgan fingerprint density at radius 3 is 2.75 bits per heavy atom. The van der Waals surface area contributed by atoms with Crippen LogP contribution in [0.25, 0.3) is 0 Å². The van der Waals surface area contributed by atoms with Gasteiger partial charge in [0.25, 0.3) is 0 Å². The molecular weight excluding hydrogens is 220 g/mol. The number of hydrogen-bond acceptors (Lipinski definition) is 2. The van der Waals surface area contributed by atoms with Gasteiger partial charge in [0.1, 0.15) is 5.75 Å². The Kier molecular flexibility index (Phi) is 3.12. The molecule has 0 aliphatic heterocycles. The largest absolute Gasteiger partial charge is 0.507 e. The molecule has 1 aromatic carbocycles. The van der Waals surface area contributed by atoms with E-state index in [1.807, 2.05) is 6.07 Å². The van der Waals surface area contributed by atoms with Crippen molar-refractivity contribution in [2.45, 2.75) is 19.4 Å². The predicted molar refractivity (Wildman–Crippen MR) is 51.2 cm³/mol. The van der Waals surface area contributed by atoms with E-state index in [0.717, 1.165) is 5.56 Å². The second-order valence-corrected chi connectivity index (χ2v) is 3.60. The molecule has 0 fully saturated rings. The first-order chi connectivity index (χ1) is 5.61. The smallest absolute Gasteiger partial charge is 0.130 e. The second-order valence-electron chi connectivity index (χ2n) is 2.80. The summed E-state index contributed by atoms with van der Waals surface area (Å²) in [6, 6.07) is 5.24. The fourth-order valence-corrected chi connectivity index (χ4v) is 1.47. The van der Waals surface area contributed by atoms with Gasteiger partial charge in [-0.2, -0.15) is 0 Å². The molecule has 0 saturated heterocycles. The first-order valence-electron chi connectivity index (χ1n) is 3.75. The summed E-state index contributed by atoms with van der Waals surface area (Å²) in [7, 11) is 0. The minimum absolute atomic E-state index is 0.216. The van der Waals surface area contributed by atoms with E-state index in [2.05, 4.69) is 15.9 Å². The second kappa shape index (κ2) is 3.92. The Morgan fingerprint density at radius 2 is 2.17 bits per heavy atom. The number of benzene rings is 1. The molecule has 66 valence electrons. The molecule has 0 aromatic heterocycles. The highest BCUT2D eigenvalue weighted by molar-refractivity contribution is 9.10. The van der Waals surface area contributed by atoms with Crippen LogP contribution in [0, 0.1) is 0 Å². The van der Waals surface area contributed by atoms with Crippen LogP contribution in [-0.2, 0) is 6.42 Å². The number of aliphatic hydroxyl groups is 1. The van der Waals surface area contributed by atoms with Gasteiger partial charge in [-0.15, -0.1) is 0 Å². The Bertz CT molecular complexity index is 271. The normalized spacial score (nSPS) is 12.9. The number of aliphatic hydroxyl groups excluding tert-OH is 1. The van der Waals surface area contributed by atoms with Crippen LogP contribution in [0.1, 0.15) is 12.5 Å². The summed E-state index contributed by atoms with van der Waals surface area (Å²) >= 11 is 3.25. The first kappa shape index (κ1) is 9.55. The zero-order valence-electron chi connectivity index (χ0n) is 6.79. The standard InChI is InChI=1S/C9H11BrO2/c1-6(11)5-7-3-2-4-8(12)9(7)10/h2-4,6,11-12H,5H2,1H3. The maximum atomic E-state index is 9.28. The van der Waals surface area contributed by atoms with Crippen molar-refractivity contribution in [2.24, 2.45) is 0 Å². The summed E-state index contributed by atoms with van der Waals surface area (Å²) in [5, 5.41) is 18.4. The summed E-state index contributed by atoms with van der Waals surface area (Å²) in [5.41, 5.74) is 0.921.